The van der Waals surface area contributed by atoms with Gasteiger partial charge in [0.1, 0.15) is 6.61 Å². The van der Waals surface area contributed by atoms with E-state index in [2.05, 4.69) is 15.9 Å². The molecule has 0 spiro atoms. The van der Waals surface area contributed by atoms with E-state index in [1.165, 1.54) is 0 Å². The number of ether oxygens (including phenoxy) is 2. The lowest BCUT2D eigenvalue weighted by atomic mass is 10.1. The van der Waals surface area contributed by atoms with Crippen LogP contribution in [0.2, 0.25) is 0 Å². The van der Waals surface area contributed by atoms with Crippen molar-refractivity contribution in [3.63, 3.8) is 0 Å². The lowest BCUT2D eigenvalue weighted by molar-refractivity contribution is -0.140. The SMILES string of the molecule is CC(C)OCC(=O)N1CCC(OCCBr)CC1. The monoisotopic (exact) mass is 307 g/mol. The Bertz CT molecular complexity index is 228. The predicted molar refractivity (Wildman–Crippen MR) is 70.4 cm³/mol. The quantitative estimate of drug-likeness (QED) is 0.703. The van der Waals surface area contributed by atoms with Gasteiger partial charge in [0.05, 0.1) is 18.8 Å². The third-order valence-electron chi connectivity index (χ3n) is 2.77. The van der Waals surface area contributed by atoms with Gasteiger partial charge >= 0.3 is 0 Å². The zero-order chi connectivity index (χ0) is 12.7. The first-order chi connectivity index (χ1) is 8.13. The molecule has 0 unspecified atom stereocenters. The minimum atomic E-state index is 0.0950. The molecule has 0 N–H and O–H groups in total. The van der Waals surface area contributed by atoms with Crippen molar-refractivity contribution < 1.29 is 14.3 Å². The molecule has 0 saturated carbocycles. The fourth-order valence-electron chi connectivity index (χ4n) is 1.81. The first-order valence-electron chi connectivity index (χ1n) is 6.20. The molecular formula is C12H22BrNO3. The van der Waals surface area contributed by atoms with Gasteiger partial charge in [0.15, 0.2) is 0 Å². The van der Waals surface area contributed by atoms with Gasteiger partial charge in [0.25, 0.3) is 0 Å². The Kier molecular flexibility index (Phi) is 7.08. The zero-order valence-electron chi connectivity index (χ0n) is 10.7. The van der Waals surface area contributed by atoms with E-state index in [9.17, 15) is 4.79 Å². The summed E-state index contributed by atoms with van der Waals surface area (Å²) in [5.41, 5.74) is 0. The molecule has 0 aromatic heterocycles. The normalized spacial score (nSPS) is 17.8. The summed E-state index contributed by atoms with van der Waals surface area (Å²) >= 11 is 3.34. The summed E-state index contributed by atoms with van der Waals surface area (Å²) in [5, 5.41) is 0.869. The molecule has 1 fully saturated rings. The summed E-state index contributed by atoms with van der Waals surface area (Å²) in [7, 11) is 0. The molecule has 1 amide bonds. The second-order valence-electron chi connectivity index (χ2n) is 4.50. The summed E-state index contributed by atoms with van der Waals surface area (Å²) in [6, 6.07) is 0. The number of amides is 1. The highest BCUT2D eigenvalue weighted by atomic mass is 79.9. The van der Waals surface area contributed by atoms with E-state index in [-0.39, 0.29) is 18.6 Å². The second-order valence-corrected chi connectivity index (χ2v) is 5.29. The Balaban J connectivity index is 2.19. The highest BCUT2D eigenvalue weighted by Gasteiger charge is 2.23. The molecule has 1 rings (SSSR count). The highest BCUT2D eigenvalue weighted by molar-refractivity contribution is 9.09. The number of likely N-dealkylation sites (tertiary alicyclic amines) is 1. The standard InChI is InChI=1S/C12H22BrNO3/c1-10(2)17-9-12(15)14-6-3-11(4-7-14)16-8-5-13/h10-11H,3-9H2,1-2H3. The Morgan fingerprint density at radius 3 is 2.59 bits per heavy atom. The lowest BCUT2D eigenvalue weighted by Crippen LogP contribution is -2.42. The smallest absolute Gasteiger partial charge is 0.248 e. The van der Waals surface area contributed by atoms with Crippen LogP contribution < -0.4 is 0 Å². The van der Waals surface area contributed by atoms with Crippen molar-refractivity contribution in [2.24, 2.45) is 0 Å². The summed E-state index contributed by atoms with van der Waals surface area (Å²) in [4.78, 5) is 13.6. The molecule has 0 atom stereocenters. The first kappa shape index (κ1) is 14.9. The van der Waals surface area contributed by atoms with Crippen LogP contribution in [0.3, 0.4) is 0 Å². The largest absolute Gasteiger partial charge is 0.377 e. The number of alkyl halides is 1. The van der Waals surface area contributed by atoms with Gasteiger partial charge in [0.2, 0.25) is 5.91 Å². The number of rotatable bonds is 6. The maximum Gasteiger partial charge on any atom is 0.248 e. The van der Waals surface area contributed by atoms with E-state index in [0.29, 0.717) is 6.10 Å². The molecule has 0 aromatic rings. The van der Waals surface area contributed by atoms with Crippen molar-refractivity contribution in [2.45, 2.75) is 38.9 Å². The van der Waals surface area contributed by atoms with E-state index in [0.717, 1.165) is 37.9 Å². The third kappa shape index (κ3) is 5.84. The van der Waals surface area contributed by atoms with Crippen molar-refractivity contribution in [3.05, 3.63) is 0 Å². The molecule has 17 heavy (non-hydrogen) atoms. The van der Waals surface area contributed by atoms with E-state index >= 15 is 0 Å². The van der Waals surface area contributed by atoms with Crippen LogP contribution in [0.1, 0.15) is 26.7 Å². The molecule has 1 saturated heterocycles. The van der Waals surface area contributed by atoms with Crippen LogP contribution in [0, 0.1) is 0 Å². The van der Waals surface area contributed by atoms with Gasteiger partial charge in [-0.05, 0) is 26.7 Å². The van der Waals surface area contributed by atoms with Gasteiger partial charge in [0, 0.05) is 18.4 Å². The van der Waals surface area contributed by atoms with Crippen LogP contribution in [0.15, 0.2) is 0 Å². The number of piperidine rings is 1. The van der Waals surface area contributed by atoms with Crippen LogP contribution in [0.4, 0.5) is 0 Å². The van der Waals surface area contributed by atoms with Crippen LogP contribution >= 0.6 is 15.9 Å². The number of hydrogen-bond acceptors (Lipinski definition) is 3. The summed E-state index contributed by atoms with van der Waals surface area (Å²) in [6.45, 7) is 6.39. The Morgan fingerprint density at radius 1 is 1.41 bits per heavy atom. The number of nitrogens with zero attached hydrogens (tertiary/aromatic N) is 1. The van der Waals surface area contributed by atoms with E-state index < -0.39 is 0 Å². The van der Waals surface area contributed by atoms with E-state index in [4.69, 9.17) is 9.47 Å². The lowest BCUT2D eigenvalue weighted by Gasteiger charge is -2.32. The van der Waals surface area contributed by atoms with E-state index in [1.807, 2.05) is 18.7 Å². The molecule has 0 aliphatic carbocycles. The maximum absolute atomic E-state index is 11.8. The number of halogens is 1. The Labute approximate surface area is 112 Å². The van der Waals surface area contributed by atoms with Gasteiger partial charge in [-0.2, -0.15) is 0 Å². The molecule has 4 nitrogen and oxygen atoms in total. The minimum absolute atomic E-state index is 0.0950. The summed E-state index contributed by atoms with van der Waals surface area (Å²) < 4.78 is 11.0. The summed E-state index contributed by atoms with van der Waals surface area (Å²) in [6.07, 6.45) is 2.28. The van der Waals surface area contributed by atoms with Gasteiger partial charge in [-0.15, -0.1) is 0 Å². The average molecular weight is 308 g/mol. The molecule has 0 aromatic carbocycles. The highest BCUT2D eigenvalue weighted by Crippen LogP contribution is 2.14. The molecule has 1 heterocycles. The minimum Gasteiger partial charge on any atom is -0.377 e. The van der Waals surface area contributed by atoms with Gasteiger partial charge in [-0.3, -0.25) is 4.79 Å². The zero-order valence-corrected chi connectivity index (χ0v) is 12.2. The van der Waals surface area contributed by atoms with Crippen molar-refractivity contribution in [1.82, 2.24) is 4.90 Å². The first-order valence-corrected chi connectivity index (χ1v) is 7.32. The second kappa shape index (κ2) is 8.06. The maximum atomic E-state index is 11.8. The fourth-order valence-corrected chi connectivity index (χ4v) is 2.00. The van der Waals surface area contributed by atoms with Crippen LogP contribution in [0.25, 0.3) is 0 Å². The molecule has 0 radical (unpaired) electrons. The third-order valence-corrected chi connectivity index (χ3v) is 3.09. The fraction of sp³-hybridized carbons (Fsp3) is 0.917. The van der Waals surface area contributed by atoms with Gasteiger partial charge < -0.3 is 14.4 Å². The Hall–Kier alpha value is -0.130. The average Bonchev–Trinajstić information content (AvgIpc) is 2.34. The molecule has 100 valence electrons. The van der Waals surface area contributed by atoms with Crippen LogP contribution in [-0.4, -0.2) is 54.6 Å². The number of carbonyl (C=O) groups excluding carboxylic acids is 1. The van der Waals surface area contributed by atoms with Crippen LogP contribution in [-0.2, 0) is 14.3 Å². The molecule has 1 aliphatic heterocycles. The van der Waals surface area contributed by atoms with E-state index in [1.54, 1.807) is 0 Å². The molecule has 1 aliphatic rings. The van der Waals surface area contributed by atoms with Crippen molar-refractivity contribution >= 4 is 21.8 Å². The van der Waals surface area contributed by atoms with Crippen molar-refractivity contribution in [2.75, 3.05) is 31.6 Å². The topological polar surface area (TPSA) is 38.8 Å². The molecular weight excluding hydrogens is 286 g/mol. The Morgan fingerprint density at radius 2 is 2.06 bits per heavy atom. The molecule has 0 bridgehead atoms. The van der Waals surface area contributed by atoms with Gasteiger partial charge in [-0.1, -0.05) is 15.9 Å². The number of carbonyl (C=O) groups is 1. The predicted octanol–water partition coefficient (Wildman–Crippen LogP) is 1.81. The van der Waals surface area contributed by atoms with Crippen molar-refractivity contribution in [3.8, 4) is 0 Å². The van der Waals surface area contributed by atoms with Gasteiger partial charge in [-0.25, -0.2) is 0 Å². The molecule has 5 heteroatoms. The van der Waals surface area contributed by atoms with Crippen LogP contribution in [0.5, 0.6) is 0 Å². The number of hydrogen-bond donors (Lipinski definition) is 0. The summed E-state index contributed by atoms with van der Waals surface area (Å²) in [5.74, 6) is 0.0950. The van der Waals surface area contributed by atoms with Crippen molar-refractivity contribution in [1.29, 1.82) is 0 Å².